The van der Waals surface area contributed by atoms with Crippen LogP contribution in [0, 0.1) is 0 Å². The van der Waals surface area contributed by atoms with Gasteiger partial charge in [0.05, 0.1) is 4.90 Å². The summed E-state index contributed by atoms with van der Waals surface area (Å²) in [6, 6.07) is 6.01. The van der Waals surface area contributed by atoms with Crippen molar-refractivity contribution in [2.45, 2.75) is 36.6 Å². The minimum atomic E-state index is -3.59. The second-order valence-electron chi connectivity index (χ2n) is 4.88. The SMILES string of the molecule is Nc1ccc(S(=O)(=O)CC(=O)NC2CCCC2)cc1. The molecule has 0 heterocycles. The van der Waals surface area contributed by atoms with E-state index in [2.05, 4.69) is 5.32 Å². The average Bonchev–Trinajstić information content (AvgIpc) is 2.81. The predicted molar refractivity (Wildman–Crippen MR) is 73.3 cm³/mol. The normalized spacial score (nSPS) is 16.4. The molecule has 3 N–H and O–H groups in total. The summed E-state index contributed by atoms with van der Waals surface area (Å²) in [7, 11) is -3.59. The van der Waals surface area contributed by atoms with Gasteiger partial charge in [-0.3, -0.25) is 4.79 Å². The lowest BCUT2D eigenvalue weighted by Gasteiger charge is -2.12. The molecular weight excluding hydrogens is 264 g/mol. The highest BCUT2D eigenvalue weighted by molar-refractivity contribution is 7.92. The Morgan fingerprint density at radius 1 is 1.21 bits per heavy atom. The van der Waals surface area contributed by atoms with Gasteiger partial charge in [-0.2, -0.15) is 0 Å². The number of hydrogen-bond donors (Lipinski definition) is 2. The fourth-order valence-corrected chi connectivity index (χ4v) is 3.42. The van der Waals surface area contributed by atoms with Crippen molar-refractivity contribution in [3.8, 4) is 0 Å². The van der Waals surface area contributed by atoms with E-state index in [9.17, 15) is 13.2 Å². The van der Waals surface area contributed by atoms with Gasteiger partial charge in [-0.1, -0.05) is 12.8 Å². The highest BCUT2D eigenvalue weighted by Crippen LogP contribution is 2.18. The minimum absolute atomic E-state index is 0.128. The Morgan fingerprint density at radius 3 is 2.37 bits per heavy atom. The molecule has 0 radical (unpaired) electrons. The van der Waals surface area contributed by atoms with Crippen LogP contribution in [0.2, 0.25) is 0 Å². The monoisotopic (exact) mass is 282 g/mol. The summed E-state index contributed by atoms with van der Waals surface area (Å²) in [6.45, 7) is 0. The molecule has 0 bridgehead atoms. The smallest absolute Gasteiger partial charge is 0.235 e. The van der Waals surface area contributed by atoms with Crippen LogP contribution in [-0.2, 0) is 14.6 Å². The van der Waals surface area contributed by atoms with Crippen LogP contribution in [-0.4, -0.2) is 26.1 Å². The van der Waals surface area contributed by atoms with Crippen molar-refractivity contribution in [3.05, 3.63) is 24.3 Å². The van der Waals surface area contributed by atoms with Crippen LogP contribution in [0.25, 0.3) is 0 Å². The highest BCUT2D eigenvalue weighted by Gasteiger charge is 2.22. The van der Waals surface area contributed by atoms with Gasteiger partial charge in [0.15, 0.2) is 9.84 Å². The van der Waals surface area contributed by atoms with Crippen LogP contribution in [0.5, 0.6) is 0 Å². The van der Waals surface area contributed by atoms with Crippen LogP contribution in [0.4, 0.5) is 5.69 Å². The fourth-order valence-electron chi connectivity index (χ4n) is 2.27. The maximum atomic E-state index is 12.0. The van der Waals surface area contributed by atoms with Crippen LogP contribution in [0.15, 0.2) is 29.2 Å². The third-order valence-electron chi connectivity index (χ3n) is 3.28. The number of nitrogens with two attached hydrogens (primary N) is 1. The third kappa shape index (κ3) is 3.70. The zero-order valence-corrected chi connectivity index (χ0v) is 11.4. The van der Waals surface area contributed by atoms with E-state index in [0.717, 1.165) is 25.7 Å². The molecule has 1 saturated carbocycles. The molecule has 1 aromatic carbocycles. The van der Waals surface area contributed by atoms with Crippen molar-refractivity contribution >= 4 is 21.4 Å². The second kappa shape index (κ2) is 5.61. The fraction of sp³-hybridized carbons (Fsp3) is 0.462. The van der Waals surface area contributed by atoms with Crippen molar-refractivity contribution < 1.29 is 13.2 Å². The van der Waals surface area contributed by atoms with E-state index in [4.69, 9.17) is 5.73 Å². The van der Waals surface area contributed by atoms with Crippen LogP contribution in [0.3, 0.4) is 0 Å². The topological polar surface area (TPSA) is 89.3 Å². The quantitative estimate of drug-likeness (QED) is 0.809. The van der Waals surface area contributed by atoms with Gasteiger partial charge < -0.3 is 11.1 Å². The van der Waals surface area contributed by atoms with E-state index in [1.54, 1.807) is 0 Å². The van der Waals surface area contributed by atoms with Crippen molar-refractivity contribution in [2.75, 3.05) is 11.5 Å². The number of nitrogen functional groups attached to an aromatic ring is 1. The molecule has 1 amide bonds. The molecule has 19 heavy (non-hydrogen) atoms. The largest absolute Gasteiger partial charge is 0.399 e. The first-order chi connectivity index (χ1) is 8.97. The summed E-state index contributed by atoms with van der Waals surface area (Å²) in [4.78, 5) is 11.9. The highest BCUT2D eigenvalue weighted by atomic mass is 32.2. The average molecular weight is 282 g/mol. The molecule has 0 aromatic heterocycles. The van der Waals surface area contributed by atoms with Gasteiger partial charge in [0.25, 0.3) is 0 Å². The number of nitrogens with one attached hydrogen (secondary N) is 1. The Labute approximate surface area is 113 Å². The minimum Gasteiger partial charge on any atom is -0.399 e. The lowest BCUT2D eigenvalue weighted by atomic mass is 10.2. The molecule has 0 aliphatic heterocycles. The van der Waals surface area contributed by atoms with Gasteiger partial charge in [-0.05, 0) is 37.1 Å². The Balaban J connectivity index is 2.00. The molecule has 5 nitrogen and oxygen atoms in total. The third-order valence-corrected chi connectivity index (χ3v) is 4.91. The number of amides is 1. The van der Waals surface area contributed by atoms with E-state index in [-0.39, 0.29) is 10.9 Å². The molecule has 1 fully saturated rings. The molecule has 1 aliphatic rings. The number of carbonyl (C=O) groups excluding carboxylic acids is 1. The summed E-state index contributed by atoms with van der Waals surface area (Å²) < 4.78 is 24.1. The molecule has 1 aromatic rings. The lowest BCUT2D eigenvalue weighted by molar-refractivity contribution is -0.119. The number of benzene rings is 1. The van der Waals surface area contributed by atoms with Gasteiger partial charge in [-0.15, -0.1) is 0 Å². The van der Waals surface area contributed by atoms with E-state index < -0.39 is 21.5 Å². The summed E-state index contributed by atoms with van der Waals surface area (Å²) in [6.07, 6.45) is 4.06. The van der Waals surface area contributed by atoms with Crippen molar-refractivity contribution in [2.24, 2.45) is 0 Å². The molecule has 0 atom stereocenters. The van der Waals surface area contributed by atoms with Gasteiger partial charge in [0.1, 0.15) is 5.75 Å². The van der Waals surface area contributed by atoms with Gasteiger partial charge >= 0.3 is 0 Å². The first-order valence-corrected chi connectivity index (χ1v) is 8.00. The number of rotatable bonds is 4. The molecule has 6 heteroatoms. The van der Waals surface area contributed by atoms with Crippen LogP contribution in [0.1, 0.15) is 25.7 Å². The van der Waals surface area contributed by atoms with Crippen molar-refractivity contribution in [1.82, 2.24) is 5.32 Å². The van der Waals surface area contributed by atoms with Crippen molar-refractivity contribution in [1.29, 1.82) is 0 Å². The Bertz CT molecular complexity index is 546. The molecule has 1 aliphatic carbocycles. The molecule has 2 rings (SSSR count). The first kappa shape index (κ1) is 13.9. The molecule has 104 valence electrons. The lowest BCUT2D eigenvalue weighted by Crippen LogP contribution is -2.36. The Kier molecular flexibility index (Phi) is 4.09. The van der Waals surface area contributed by atoms with Crippen molar-refractivity contribution in [3.63, 3.8) is 0 Å². The van der Waals surface area contributed by atoms with Crippen LogP contribution >= 0.6 is 0 Å². The number of anilines is 1. The molecule has 0 unspecified atom stereocenters. The van der Waals surface area contributed by atoms with Crippen LogP contribution < -0.4 is 11.1 Å². The summed E-state index contributed by atoms with van der Waals surface area (Å²) >= 11 is 0. The number of hydrogen-bond acceptors (Lipinski definition) is 4. The Morgan fingerprint density at radius 2 is 1.79 bits per heavy atom. The van der Waals surface area contributed by atoms with Gasteiger partial charge in [-0.25, -0.2) is 8.42 Å². The summed E-state index contributed by atoms with van der Waals surface area (Å²) in [5.41, 5.74) is 6.00. The van der Waals surface area contributed by atoms with E-state index >= 15 is 0 Å². The van der Waals surface area contributed by atoms with E-state index in [1.165, 1.54) is 24.3 Å². The molecular formula is C13H18N2O3S. The maximum Gasteiger partial charge on any atom is 0.235 e. The Hall–Kier alpha value is -1.56. The number of carbonyl (C=O) groups is 1. The zero-order chi connectivity index (χ0) is 13.9. The van der Waals surface area contributed by atoms with Gasteiger partial charge in [0, 0.05) is 11.7 Å². The van der Waals surface area contributed by atoms with E-state index in [0.29, 0.717) is 5.69 Å². The van der Waals surface area contributed by atoms with E-state index in [1.807, 2.05) is 0 Å². The van der Waals surface area contributed by atoms with Gasteiger partial charge in [0.2, 0.25) is 5.91 Å². The first-order valence-electron chi connectivity index (χ1n) is 6.35. The number of sulfone groups is 1. The molecule has 0 spiro atoms. The summed E-state index contributed by atoms with van der Waals surface area (Å²) in [5.74, 6) is -0.934. The zero-order valence-electron chi connectivity index (χ0n) is 10.6. The second-order valence-corrected chi connectivity index (χ2v) is 6.87. The summed E-state index contributed by atoms with van der Waals surface area (Å²) in [5, 5.41) is 2.77. The standard InChI is InChI=1S/C13H18N2O3S/c14-10-5-7-12(8-6-10)19(17,18)9-13(16)15-11-3-1-2-4-11/h5-8,11H,1-4,9,14H2,(H,15,16). The maximum absolute atomic E-state index is 12.0. The predicted octanol–water partition coefficient (Wildman–Crippen LogP) is 1.10. The molecule has 0 saturated heterocycles.